The van der Waals surface area contributed by atoms with Crippen LogP contribution >= 0.6 is 0 Å². The molecule has 0 amide bonds. The van der Waals surface area contributed by atoms with Gasteiger partial charge in [-0.1, -0.05) is 0 Å². The molecule has 9 nitrogen and oxygen atoms in total. The molecule has 0 radical (unpaired) electrons. The Bertz CT molecular complexity index is 17.7. The van der Waals surface area contributed by atoms with Crippen LogP contribution in [0.3, 0.4) is 0 Å². The van der Waals surface area contributed by atoms with Crippen molar-refractivity contribution in [1.29, 1.82) is 0 Å². The maximum absolute atomic E-state index is 7.17. The topological polar surface area (TPSA) is 217 Å². The van der Waals surface area contributed by atoms with Crippen LogP contribution in [0.2, 0.25) is 0 Å². The molecule has 0 rings (SSSR count). The second kappa shape index (κ2) is 70.6. The third-order valence-corrected chi connectivity index (χ3v) is 0. The molecule has 0 aromatic rings. The Morgan fingerprint density at radius 3 is 0.600 bits per heavy atom. The van der Waals surface area contributed by atoms with Gasteiger partial charge in [0, 0.05) is 0 Å². The SMILES string of the molecule is NN.NN.NN.OB(O)O. The Labute approximate surface area is 58.7 Å². The van der Waals surface area contributed by atoms with Crippen LogP contribution in [-0.4, -0.2) is 22.4 Å². The van der Waals surface area contributed by atoms with E-state index in [0.717, 1.165) is 0 Å². The highest BCUT2D eigenvalue weighted by Crippen LogP contribution is 1.40. The van der Waals surface area contributed by atoms with E-state index >= 15 is 0 Å². The Morgan fingerprint density at radius 1 is 0.600 bits per heavy atom. The Balaban J connectivity index is -0.0000000262. The molecule has 0 aromatic carbocycles. The smallest absolute Gasteiger partial charge is 0.402 e. The first kappa shape index (κ1) is 22.6. The van der Waals surface area contributed by atoms with Gasteiger partial charge in [-0.3, -0.25) is 35.1 Å². The first-order valence-electron chi connectivity index (χ1n) is 1.77. The van der Waals surface area contributed by atoms with E-state index in [4.69, 9.17) is 15.1 Å². The molecule has 0 atom stereocenters. The first-order chi connectivity index (χ1) is 4.73. The van der Waals surface area contributed by atoms with E-state index in [1.807, 2.05) is 0 Å². The third-order valence-electron chi connectivity index (χ3n) is 0. The van der Waals surface area contributed by atoms with E-state index in [1.54, 1.807) is 0 Å². The summed E-state index contributed by atoms with van der Waals surface area (Å²) in [6.45, 7) is 0. The van der Waals surface area contributed by atoms with Crippen molar-refractivity contribution < 1.29 is 15.1 Å². The van der Waals surface area contributed by atoms with Crippen molar-refractivity contribution in [3.63, 3.8) is 0 Å². The first-order valence-corrected chi connectivity index (χ1v) is 1.77. The average Bonchev–Trinajstić information content (AvgIpc) is 1.98. The Hall–Kier alpha value is -0.295. The van der Waals surface area contributed by atoms with Crippen LogP contribution in [0.1, 0.15) is 0 Å². The fraction of sp³-hybridized carbons (Fsp3) is 0. The molecule has 0 saturated heterocycles. The third kappa shape index (κ3) is 3980. The van der Waals surface area contributed by atoms with E-state index < -0.39 is 7.32 Å². The van der Waals surface area contributed by atoms with Gasteiger partial charge < -0.3 is 15.1 Å². The second-order valence-corrected chi connectivity index (χ2v) is 0.346. The monoisotopic (exact) mass is 158 g/mol. The van der Waals surface area contributed by atoms with Crippen LogP contribution in [0.5, 0.6) is 0 Å². The van der Waals surface area contributed by atoms with Crippen LogP contribution in [0, 0.1) is 0 Å². The summed E-state index contributed by atoms with van der Waals surface area (Å²) in [6.07, 6.45) is 0. The fourth-order valence-electron chi connectivity index (χ4n) is 0. The van der Waals surface area contributed by atoms with Crippen molar-refractivity contribution in [2.24, 2.45) is 35.1 Å². The molecule has 0 unspecified atom stereocenters. The van der Waals surface area contributed by atoms with Crippen molar-refractivity contribution in [3.05, 3.63) is 0 Å². The van der Waals surface area contributed by atoms with Crippen LogP contribution in [-0.2, 0) is 0 Å². The van der Waals surface area contributed by atoms with Gasteiger partial charge in [0.05, 0.1) is 0 Å². The van der Waals surface area contributed by atoms with Crippen molar-refractivity contribution in [2.75, 3.05) is 0 Å². The average molecular weight is 158 g/mol. The molecular formula is H15BN6O3. The molecule has 10 heteroatoms. The van der Waals surface area contributed by atoms with Crippen LogP contribution in [0.15, 0.2) is 0 Å². The second-order valence-electron chi connectivity index (χ2n) is 0.346. The van der Waals surface area contributed by atoms with Gasteiger partial charge in [0.1, 0.15) is 0 Å². The van der Waals surface area contributed by atoms with E-state index in [2.05, 4.69) is 35.1 Å². The van der Waals surface area contributed by atoms with Gasteiger partial charge in [-0.05, 0) is 0 Å². The van der Waals surface area contributed by atoms with Crippen LogP contribution in [0.25, 0.3) is 0 Å². The normalized spacial score (nSPS) is 4.50. The van der Waals surface area contributed by atoms with Gasteiger partial charge >= 0.3 is 7.32 Å². The molecular weight excluding hydrogens is 143 g/mol. The van der Waals surface area contributed by atoms with Crippen LogP contribution < -0.4 is 35.1 Å². The predicted octanol–water partition coefficient (Wildman–Crippen LogP) is -5.60. The van der Waals surface area contributed by atoms with Crippen LogP contribution in [0.4, 0.5) is 0 Å². The maximum atomic E-state index is 7.17. The lowest BCUT2D eigenvalue weighted by molar-refractivity contribution is 0.278. The van der Waals surface area contributed by atoms with Crippen molar-refractivity contribution in [1.82, 2.24) is 0 Å². The summed E-state index contributed by atoms with van der Waals surface area (Å²) >= 11 is 0. The van der Waals surface area contributed by atoms with E-state index in [1.165, 1.54) is 0 Å². The number of nitrogens with two attached hydrogens (primary N) is 6. The molecule has 10 heavy (non-hydrogen) atoms. The lowest BCUT2D eigenvalue weighted by Crippen LogP contribution is -2.07. The summed E-state index contributed by atoms with van der Waals surface area (Å²) in [7, 11) is -2.17. The zero-order valence-corrected chi connectivity index (χ0v) is 5.38. The molecule has 0 saturated carbocycles. The summed E-state index contributed by atoms with van der Waals surface area (Å²) < 4.78 is 0. The Kier molecular flexibility index (Phi) is 160. The number of hydrogen-bond acceptors (Lipinski definition) is 9. The number of hydrazine groups is 3. The van der Waals surface area contributed by atoms with E-state index in [9.17, 15) is 0 Å². The standard InChI is InChI=1S/BH3O3.3H4N2/c2-1(3)4;3*1-2/h2-4H;3*1-2H2. The maximum Gasteiger partial charge on any atom is 0.631 e. The van der Waals surface area contributed by atoms with Crippen molar-refractivity contribution in [3.8, 4) is 0 Å². The molecule has 0 heterocycles. The number of rotatable bonds is 0. The molecule has 66 valence electrons. The zero-order valence-electron chi connectivity index (χ0n) is 5.38. The van der Waals surface area contributed by atoms with Gasteiger partial charge in [0.15, 0.2) is 0 Å². The van der Waals surface area contributed by atoms with E-state index in [0.29, 0.717) is 0 Å². The van der Waals surface area contributed by atoms with Gasteiger partial charge in [-0.15, -0.1) is 0 Å². The molecule has 0 spiro atoms. The summed E-state index contributed by atoms with van der Waals surface area (Å²) in [5, 5.41) is 21.5. The highest BCUT2D eigenvalue weighted by molar-refractivity contribution is 6.30. The fourth-order valence-corrected chi connectivity index (χ4v) is 0. The lowest BCUT2D eigenvalue weighted by Gasteiger charge is -1.69. The minimum Gasteiger partial charge on any atom is -0.402 e. The molecule has 15 N–H and O–H groups in total. The molecule has 0 aromatic heterocycles. The number of hydrogen-bond donors (Lipinski definition) is 9. The lowest BCUT2D eigenvalue weighted by atomic mass is 10.3. The van der Waals surface area contributed by atoms with Crippen molar-refractivity contribution in [2.45, 2.75) is 0 Å². The molecule has 0 fully saturated rings. The minimum atomic E-state index is -2.17. The largest absolute Gasteiger partial charge is 0.631 e. The minimum absolute atomic E-state index is 2.17. The predicted molar refractivity (Wildman–Crippen MR) is 37.5 cm³/mol. The summed E-state index contributed by atoms with van der Waals surface area (Å²) in [6, 6.07) is 0. The van der Waals surface area contributed by atoms with Crippen molar-refractivity contribution >= 4 is 7.32 Å². The highest BCUT2D eigenvalue weighted by Gasteiger charge is 1.92. The molecule has 0 aliphatic heterocycles. The van der Waals surface area contributed by atoms with Gasteiger partial charge in [-0.25, -0.2) is 0 Å². The zero-order chi connectivity index (χ0) is 9.58. The van der Waals surface area contributed by atoms with Gasteiger partial charge in [0.2, 0.25) is 0 Å². The molecule has 0 bridgehead atoms. The molecule has 0 aliphatic rings. The van der Waals surface area contributed by atoms with Gasteiger partial charge in [-0.2, -0.15) is 0 Å². The Morgan fingerprint density at radius 2 is 0.600 bits per heavy atom. The van der Waals surface area contributed by atoms with E-state index in [-0.39, 0.29) is 0 Å². The van der Waals surface area contributed by atoms with Gasteiger partial charge in [0.25, 0.3) is 0 Å². The highest BCUT2D eigenvalue weighted by atomic mass is 16.5. The molecule has 0 aliphatic carbocycles. The quantitative estimate of drug-likeness (QED) is 0.0929. The summed E-state index contributed by atoms with van der Waals surface area (Å²) in [4.78, 5) is 0. The summed E-state index contributed by atoms with van der Waals surface area (Å²) in [5.74, 6) is 24.0. The summed E-state index contributed by atoms with van der Waals surface area (Å²) in [5.41, 5.74) is 0.